The second kappa shape index (κ2) is 7.88. The van der Waals surface area contributed by atoms with E-state index in [0.29, 0.717) is 22.3 Å². The third-order valence-corrected chi connectivity index (χ3v) is 4.79. The fraction of sp³-hybridized carbons (Fsp3) is 0.190. The molecule has 1 atom stereocenters. The van der Waals surface area contributed by atoms with Crippen molar-refractivity contribution in [1.29, 1.82) is 0 Å². The molecule has 31 heavy (non-hydrogen) atoms. The van der Waals surface area contributed by atoms with Gasteiger partial charge in [-0.15, -0.1) is 0 Å². The van der Waals surface area contributed by atoms with Crippen molar-refractivity contribution in [3.05, 3.63) is 71.3 Å². The third kappa shape index (κ3) is 3.89. The SMILES string of the molecule is CC(CO)n1cnc2c(-c3cccnc3)nc(-c3ccc(C(F)(F)F)nc3)cc2c1=O. The van der Waals surface area contributed by atoms with Crippen molar-refractivity contribution in [1.82, 2.24) is 24.5 Å². The summed E-state index contributed by atoms with van der Waals surface area (Å²) >= 11 is 0. The molecule has 1 N–H and O–H groups in total. The van der Waals surface area contributed by atoms with E-state index in [-0.39, 0.29) is 17.7 Å². The summed E-state index contributed by atoms with van der Waals surface area (Å²) < 4.78 is 39.9. The number of rotatable bonds is 4. The average molecular weight is 427 g/mol. The molecule has 0 spiro atoms. The maximum absolute atomic E-state index is 13.1. The monoisotopic (exact) mass is 427 g/mol. The first-order chi connectivity index (χ1) is 14.8. The number of aromatic nitrogens is 5. The molecule has 0 aliphatic carbocycles. The Labute approximate surface area is 173 Å². The zero-order chi connectivity index (χ0) is 22.2. The fourth-order valence-electron chi connectivity index (χ4n) is 3.11. The number of pyridine rings is 3. The maximum atomic E-state index is 13.1. The average Bonchev–Trinajstić information content (AvgIpc) is 2.78. The van der Waals surface area contributed by atoms with E-state index in [1.807, 2.05) is 0 Å². The molecule has 4 heterocycles. The summed E-state index contributed by atoms with van der Waals surface area (Å²) in [6.07, 6.45) is 0.981. The van der Waals surface area contributed by atoms with Gasteiger partial charge in [0.1, 0.15) is 11.2 Å². The minimum atomic E-state index is -4.56. The molecule has 0 saturated carbocycles. The predicted octanol–water partition coefficient (Wildman–Crippen LogP) is 3.49. The van der Waals surface area contributed by atoms with Crippen LogP contribution >= 0.6 is 0 Å². The quantitative estimate of drug-likeness (QED) is 0.536. The minimum absolute atomic E-state index is 0.214. The lowest BCUT2D eigenvalue weighted by Gasteiger charge is -2.14. The second-order valence-electron chi connectivity index (χ2n) is 6.91. The van der Waals surface area contributed by atoms with Gasteiger partial charge in [0, 0.05) is 29.7 Å². The van der Waals surface area contributed by atoms with E-state index in [1.165, 1.54) is 23.0 Å². The highest BCUT2D eigenvalue weighted by molar-refractivity contribution is 5.93. The Morgan fingerprint density at radius 3 is 2.55 bits per heavy atom. The maximum Gasteiger partial charge on any atom is 0.433 e. The number of alkyl halides is 3. The molecule has 0 radical (unpaired) electrons. The molecular formula is C21H16F3N5O2. The number of hydrogen-bond donors (Lipinski definition) is 1. The van der Waals surface area contributed by atoms with E-state index in [2.05, 4.69) is 19.9 Å². The van der Waals surface area contributed by atoms with Crippen LogP contribution in [-0.2, 0) is 6.18 Å². The molecule has 7 nitrogen and oxygen atoms in total. The number of aliphatic hydroxyl groups excluding tert-OH is 1. The van der Waals surface area contributed by atoms with Gasteiger partial charge in [-0.1, -0.05) is 0 Å². The van der Waals surface area contributed by atoms with E-state index in [0.717, 1.165) is 12.3 Å². The van der Waals surface area contributed by atoms with Crippen LogP contribution in [0, 0.1) is 0 Å². The lowest BCUT2D eigenvalue weighted by Crippen LogP contribution is -2.25. The molecule has 1 unspecified atom stereocenters. The number of fused-ring (bicyclic) bond motifs is 1. The number of hydrogen-bond acceptors (Lipinski definition) is 6. The van der Waals surface area contributed by atoms with Gasteiger partial charge in [-0.2, -0.15) is 13.2 Å². The van der Waals surface area contributed by atoms with Gasteiger partial charge >= 0.3 is 6.18 Å². The Hall–Kier alpha value is -3.66. The van der Waals surface area contributed by atoms with E-state index in [9.17, 15) is 23.1 Å². The number of aliphatic hydroxyl groups is 1. The summed E-state index contributed by atoms with van der Waals surface area (Å²) in [5.41, 5.74) is 0.426. The van der Waals surface area contributed by atoms with E-state index >= 15 is 0 Å². The van der Waals surface area contributed by atoms with Crippen molar-refractivity contribution < 1.29 is 18.3 Å². The fourth-order valence-corrected chi connectivity index (χ4v) is 3.11. The molecule has 0 fully saturated rings. The first-order valence-corrected chi connectivity index (χ1v) is 9.26. The van der Waals surface area contributed by atoms with Crippen molar-refractivity contribution in [2.24, 2.45) is 0 Å². The Morgan fingerprint density at radius 1 is 1.13 bits per heavy atom. The van der Waals surface area contributed by atoms with Gasteiger partial charge in [-0.05, 0) is 37.3 Å². The Balaban J connectivity index is 1.98. The molecule has 0 aliphatic heterocycles. The second-order valence-corrected chi connectivity index (χ2v) is 6.91. The van der Waals surface area contributed by atoms with Gasteiger partial charge in [0.15, 0.2) is 0 Å². The summed E-state index contributed by atoms with van der Waals surface area (Å²) in [7, 11) is 0. The highest BCUT2D eigenvalue weighted by Crippen LogP contribution is 2.31. The largest absolute Gasteiger partial charge is 0.433 e. The van der Waals surface area contributed by atoms with Gasteiger partial charge in [-0.25, -0.2) is 9.97 Å². The first kappa shape index (κ1) is 20.6. The zero-order valence-corrected chi connectivity index (χ0v) is 16.2. The van der Waals surface area contributed by atoms with Crippen molar-refractivity contribution >= 4 is 10.9 Å². The molecule has 0 amide bonds. The van der Waals surface area contributed by atoms with Gasteiger partial charge in [0.2, 0.25) is 0 Å². The van der Waals surface area contributed by atoms with E-state index in [1.54, 1.807) is 31.5 Å². The molecule has 158 valence electrons. The van der Waals surface area contributed by atoms with Crippen LogP contribution in [0.2, 0.25) is 0 Å². The van der Waals surface area contributed by atoms with Crippen LogP contribution in [0.1, 0.15) is 18.7 Å². The highest BCUT2D eigenvalue weighted by atomic mass is 19.4. The van der Waals surface area contributed by atoms with Crippen molar-refractivity contribution in [2.45, 2.75) is 19.1 Å². The lowest BCUT2D eigenvalue weighted by molar-refractivity contribution is -0.141. The van der Waals surface area contributed by atoms with Crippen molar-refractivity contribution in [3.8, 4) is 22.5 Å². The van der Waals surface area contributed by atoms with Crippen LogP contribution < -0.4 is 5.56 Å². The Bertz CT molecular complexity index is 1290. The van der Waals surface area contributed by atoms with Crippen LogP contribution in [0.25, 0.3) is 33.4 Å². The van der Waals surface area contributed by atoms with Crippen LogP contribution in [0.3, 0.4) is 0 Å². The lowest BCUT2D eigenvalue weighted by atomic mass is 10.1. The Morgan fingerprint density at radius 2 is 1.94 bits per heavy atom. The molecule has 4 aromatic rings. The van der Waals surface area contributed by atoms with Crippen LogP contribution in [0.4, 0.5) is 13.2 Å². The Kier molecular flexibility index (Phi) is 5.24. The number of halogens is 3. The molecule has 0 bridgehead atoms. The molecule has 10 heteroatoms. The summed E-state index contributed by atoms with van der Waals surface area (Å²) in [6, 6.07) is 6.52. The van der Waals surface area contributed by atoms with Crippen molar-refractivity contribution in [2.75, 3.05) is 6.61 Å². The van der Waals surface area contributed by atoms with E-state index < -0.39 is 23.5 Å². The van der Waals surface area contributed by atoms with Crippen LogP contribution in [0.5, 0.6) is 0 Å². The minimum Gasteiger partial charge on any atom is -0.394 e. The van der Waals surface area contributed by atoms with Gasteiger partial charge in [-0.3, -0.25) is 19.3 Å². The van der Waals surface area contributed by atoms with Crippen LogP contribution in [0.15, 0.2) is 60.0 Å². The van der Waals surface area contributed by atoms with Gasteiger partial charge in [0.25, 0.3) is 5.56 Å². The van der Waals surface area contributed by atoms with Gasteiger partial charge in [0.05, 0.1) is 35.8 Å². The third-order valence-electron chi connectivity index (χ3n) is 4.79. The molecule has 0 saturated heterocycles. The van der Waals surface area contributed by atoms with Gasteiger partial charge < -0.3 is 5.11 Å². The normalized spacial score (nSPS) is 12.8. The summed E-state index contributed by atoms with van der Waals surface area (Å²) in [4.78, 5) is 29.5. The van der Waals surface area contributed by atoms with Crippen LogP contribution in [-0.4, -0.2) is 36.2 Å². The molecular weight excluding hydrogens is 411 g/mol. The highest BCUT2D eigenvalue weighted by Gasteiger charge is 2.32. The summed E-state index contributed by atoms with van der Waals surface area (Å²) in [6.45, 7) is 1.40. The van der Waals surface area contributed by atoms with Crippen molar-refractivity contribution in [3.63, 3.8) is 0 Å². The molecule has 0 aromatic carbocycles. The topological polar surface area (TPSA) is 93.8 Å². The zero-order valence-electron chi connectivity index (χ0n) is 16.2. The first-order valence-electron chi connectivity index (χ1n) is 9.26. The molecule has 4 aromatic heterocycles. The molecule has 0 aliphatic rings. The molecule has 4 rings (SSSR count). The predicted molar refractivity (Wildman–Crippen MR) is 107 cm³/mol. The summed E-state index contributed by atoms with van der Waals surface area (Å²) in [5.74, 6) is 0. The smallest absolute Gasteiger partial charge is 0.394 e. The standard InChI is InChI=1S/C21H16F3N5O2/c1-12(10-30)29-11-27-19-15(20(29)31)7-16(28-18(19)14-3-2-6-25-8-14)13-4-5-17(26-9-13)21(22,23)24/h2-9,11-12,30H,10H2,1H3. The van der Waals surface area contributed by atoms with E-state index in [4.69, 9.17) is 0 Å². The number of nitrogens with zero attached hydrogens (tertiary/aromatic N) is 5. The summed E-state index contributed by atoms with van der Waals surface area (Å²) in [5, 5.41) is 9.65.